The van der Waals surface area contributed by atoms with Crippen molar-refractivity contribution in [3.05, 3.63) is 108 Å². The molecule has 126 valence electrons. The maximum absolute atomic E-state index is 12.9. The van der Waals surface area contributed by atoms with Gasteiger partial charge in [0, 0.05) is 11.5 Å². The van der Waals surface area contributed by atoms with Crippen LogP contribution in [-0.4, -0.2) is 5.78 Å². The van der Waals surface area contributed by atoms with Crippen LogP contribution in [0.2, 0.25) is 0 Å². The largest absolute Gasteiger partial charge is 0.368 e. The van der Waals surface area contributed by atoms with Crippen LogP contribution in [0.25, 0.3) is 0 Å². The van der Waals surface area contributed by atoms with Gasteiger partial charge in [-0.25, -0.2) is 0 Å². The van der Waals surface area contributed by atoms with Crippen molar-refractivity contribution in [1.29, 1.82) is 0 Å². The van der Waals surface area contributed by atoms with Crippen LogP contribution in [-0.2, 0) is 11.3 Å². The molecule has 0 spiro atoms. The molecule has 2 heteroatoms. The van der Waals surface area contributed by atoms with Crippen LogP contribution >= 0.6 is 0 Å². The molecule has 2 atom stereocenters. The van der Waals surface area contributed by atoms with E-state index in [4.69, 9.17) is 4.74 Å². The maximum atomic E-state index is 12.9. The van der Waals surface area contributed by atoms with Crippen molar-refractivity contribution in [3.8, 4) is 0 Å². The van der Waals surface area contributed by atoms with Gasteiger partial charge in [0.1, 0.15) is 0 Å². The van der Waals surface area contributed by atoms with Gasteiger partial charge in [-0.05, 0) is 11.1 Å². The lowest BCUT2D eigenvalue weighted by molar-refractivity contribution is 0.00718. The Balaban J connectivity index is 1.82. The van der Waals surface area contributed by atoms with Gasteiger partial charge in [-0.2, -0.15) is 0 Å². The third kappa shape index (κ3) is 4.43. The quantitative estimate of drug-likeness (QED) is 0.537. The number of Topliss-reactive ketones (excluding diaryl/α,β-unsaturated/α-hetero) is 1. The molecule has 0 aliphatic carbocycles. The number of ketones is 1. The second-order valence-corrected chi connectivity index (χ2v) is 6.15. The predicted molar refractivity (Wildman–Crippen MR) is 100 cm³/mol. The smallest absolute Gasteiger partial charge is 0.168 e. The van der Waals surface area contributed by atoms with Crippen LogP contribution in [0.15, 0.2) is 91.0 Å². The van der Waals surface area contributed by atoms with Crippen LogP contribution < -0.4 is 0 Å². The summed E-state index contributed by atoms with van der Waals surface area (Å²) in [5.41, 5.74) is 2.84. The Kier molecular flexibility index (Phi) is 5.76. The molecular weight excluding hydrogens is 308 g/mol. The minimum Gasteiger partial charge on any atom is -0.368 e. The number of rotatable bonds is 7. The number of ether oxygens (including phenoxy) is 1. The zero-order valence-electron chi connectivity index (χ0n) is 14.3. The molecule has 0 aliphatic heterocycles. The summed E-state index contributed by atoms with van der Waals surface area (Å²) in [6, 6.07) is 29.4. The topological polar surface area (TPSA) is 26.3 Å². The Morgan fingerprint density at radius 3 is 1.92 bits per heavy atom. The summed E-state index contributed by atoms with van der Waals surface area (Å²) >= 11 is 0. The van der Waals surface area contributed by atoms with Gasteiger partial charge in [-0.15, -0.1) is 0 Å². The summed E-state index contributed by atoms with van der Waals surface area (Å²) in [6.45, 7) is 2.42. The molecule has 0 amide bonds. The molecule has 0 unspecified atom stereocenters. The van der Waals surface area contributed by atoms with E-state index in [-0.39, 0.29) is 17.8 Å². The third-order valence-corrected chi connectivity index (χ3v) is 4.33. The first kappa shape index (κ1) is 17.1. The molecule has 0 saturated heterocycles. The van der Waals surface area contributed by atoms with Crippen molar-refractivity contribution in [2.45, 2.75) is 19.6 Å². The van der Waals surface area contributed by atoms with E-state index in [0.717, 1.165) is 16.7 Å². The van der Waals surface area contributed by atoms with Crippen LogP contribution in [0.5, 0.6) is 0 Å². The highest BCUT2D eigenvalue weighted by Crippen LogP contribution is 2.29. The summed E-state index contributed by atoms with van der Waals surface area (Å²) in [5, 5.41) is 0. The van der Waals surface area contributed by atoms with Gasteiger partial charge in [0.05, 0.1) is 12.7 Å². The lowest BCUT2D eigenvalue weighted by Gasteiger charge is -2.24. The van der Waals surface area contributed by atoms with Gasteiger partial charge in [0.2, 0.25) is 0 Å². The molecule has 2 nitrogen and oxygen atoms in total. The third-order valence-electron chi connectivity index (χ3n) is 4.33. The number of carbonyl (C=O) groups is 1. The van der Waals surface area contributed by atoms with E-state index in [2.05, 4.69) is 0 Å². The zero-order valence-corrected chi connectivity index (χ0v) is 14.3. The van der Waals surface area contributed by atoms with Crippen LogP contribution in [0.4, 0.5) is 0 Å². The molecule has 3 aromatic carbocycles. The lowest BCUT2D eigenvalue weighted by atomic mass is 9.90. The first-order chi connectivity index (χ1) is 12.3. The highest BCUT2D eigenvalue weighted by molar-refractivity contribution is 5.98. The first-order valence-corrected chi connectivity index (χ1v) is 8.55. The van der Waals surface area contributed by atoms with Crippen molar-refractivity contribution >= 4 is 5.78 Å². The molecule has 0 aromatic heterocycles. The average Bonchev–Trinajstić information content (AvgIpc) is 2.69. The fourth-order valence-corrected chi connectivity index (χ4v) is 2.93. The van der Waals surface area contributed by atoms with E-state index < -0.39 is 0 Å². The van der Waals surface area contributed by atoms with Crippen LogP contribution in [0, 0.1) is 5.92 Å². The van der Waals surface area contributed by atoms with E-state index in [9.17, 15) is 4.79 Å². The molecule has 3 rings (SSSR count). The Morgan fingerprint density at radius 1 is 0.800 bits per heavy atom. The molecule has 3 aromatic rings. The molecule has 0 heterocycles. The second-order valence-electron chi connectivity index (χ2n) is 6.15. The van der Waals surface area contributed by atoms with Gasteiger partial charge in [0.25, 0.3) is 0 Å². The SMILES string of the molecule is C[C@@H](C(=O)c1ccccc1)[C@@H](OCc1ccccc1)c1ccccc1. The first-order valence-electron chi connectivity index (χ1n) is 8.55. The molecular formula is C23H22O2. The van der Waals surface area contributed by atoms with E-state index in [0.29, 0.717) is 6.61 Å². The molecule has 0 N–H and O–H groups in total. The number of benzene rings is 3. The van der Waals surface area contributed by atoms with E-state index >= 15 is 0 Å². The monoisotopic (exact) mass is 330 g/mol. The predicted octanol–water partition coefficient (Wildman–Crippen LogP) is 5.46. The molecule has 25 heavy (non-hydrogen) atoms. The second kappa shape index (κ2) is 8.41. The van der Waals surface area contributed by atoms with Crippen LogP contribution in [0.1, 0.15) is 34.5 Å². The lowest BCUT2D eigenvalue weighted by Crippen LogP contribution is -2.22. The van der Waals surface area contributed by atoms with Crippen molar-refractivity contribution in [2.24, 2.45) is 5.92 Å². The minimum atomic E-state index is -0.283. The summed E-state index contributed by atoms with van der Waals surface area (Å²) in [7, 11) is 0. The Bertz CT molecular complexity index is 782. The fourth-order valence-electron chi connectivity index (χ4n) is 2.93. The van der Waals surface area contributed by atoms with Gasteiger partial charge in [-0.3, -0.25) is 4.79 Å². The molecule has 0 radical (unpaired) electrons. The number of hydrogen-bond donors (Lipinski definition) is 0. The normalized spacial score (nSPS) is 13.2. The van der Waals surface area contributed by atoms with Crippen molar-refractivity contribution in [3.63, 3.8) is 0 Å². The minimum absolute atomic E-state index is 0.0996. The van der Waals surface area contributed by atoms with E-state index in [1.807, 2.05) is 97.9 Å². The summed E-state index contributed by atoms with van der Waals surface area (Å²) in [5.74, 6) is -0.170. The Labute approximate surface area is 149 Å². The average molecular weight is 330 g/mol. The maximum Gasteiger partial charge on any atom is 0.168 e. The van der Waals surface area contributed by atoms with Crippen molar-refractivity contribution < 1.29 is 9.53 Å². The van der Waals surface area contributed by atoms with Crippen molar-refractivity contribution in [1.82, 2.24) is 0 Å². The van der Waals surface area contributed by atoms with Gasteiger partial charge < -0.3 is 4.74 Å². The zero-order chi connectivity index (χ0) is 17.5. The van der Waals surface area contributed by atoms with E-state index in [1.54, 1.807) is 0 Å². The summed E-state index contributed by atoms with van der Waals surface area (Å²) in [4.78, 5) is 12.9. The fraction of sp³-hybridized carbons (Fsp3) is 0.174. The number of hydrogen-bond acceptors (Lipinski definition) is 2. The van der Waals surface area contributed by atoms with Gasteiger partial charge >= 0.3 is 0 Å². The number of carbonyl (C=O) groups excluding carboxylic acids is 1. The molecule has 0 aliphatic rings. The van der Waals surface area contributed by atoms with Gasteiger partial charge in [0.15, 0.2) is 5.78 Å². The molecule has 0 saturated carbocycles. The van der Waals surface area contributed by atoms with E-state index in [1.165, 1.54) is 0 Å². The summed E-state index contributed by atoms with van der Waals surface area (Å²) in [6.07, 6.45) is -0.283. The van der Waals surface area contributed by atoms with Gasteiger partial charge in [-0.1, -0.05) is 97.9 Å². The van der Waals surface area contributed by atoms with Crippen molar-refractivity contribution in [2.75, 3.05) is 0 Å². The molecule has 0 bridgehead atoms. The molecule has 0 fully saturated rings. The highest BCUT2D eigenvalue weighted by atomic mass is 16.5. The van der Waals surface area contributed by atoms with Crippen LogP contribution in [0.3, 0.4) is 0 Å². The highest BCUT2D eigenvalue weighted by Gasteiger charge is 2.27. The standard InChI is InChI=1S/C23H22O2/c1-18(22(24)20-13-7-3-8-14-20)23(21-15-9-4-10-16-21)25-17-19-11-5-2-6-12-19/h2-16,18,23H,17H2,1H3/t18-,23+/m0/s1. The Morgan fingerprint density at radius 2 is 1.32 bits per heavy atom. The summed E-state index contributed by atoms with van der Waals surface area (Å²) < 4.78 is 6.20. The Hall–Kier alpha value is -2.71.